The van der Waals surface area contributed by atoms with Gasteiger partial charge in [0.1, 0.15) is 0 Å². The van der Waals surface area contributed by atoms with Crippen LogP contribution in [-0.4, -0.2) is 29.9 Å². The van der Waals surface area contributed by atoms with Crippen LogP contribution in [0.2, 0.25) is 0 Å². The van der Waals surface area contributed by atoms with E-state index in [1.54, 1.807) is 11.9 Å². The molecule has 1 aliphatic rings. The van der Waals surface area contributed by atoms with Crippen LogP contribution in [0.4, 0.5) is 0 Å². The third-order valence-electron chi connectivity index (χ3n) is 2.07. The summed E-state index contributed by atoms with van der Waals surface area (Å²) in [4.78, 5) is 13.2. The smallest absolute Gasteiger partial charge is 0.242 e. The van der Waals surface area contributed by atoms with E-state index in [1.165, 1.54) is 0 Å². The van der Waals surface area contributed by atoms with Crippen LogP contribution in [-0.2, 0) is 4.79 Å². The van der Waals surface area contributed by atoms with Gasteiger partial charge in [-0.3, -0.25) is 4.79 Å². The van der Waals surface area contributed by atoms with Gasteiger partial charge in [0.2, 0.25) is 5.91 Å². The van der Waals surface area contributed by atoms with E-state index in [2.05, 4.69) is 6.58 Å². The summed E-state index contributed by atoms with van der Waals surface area (Å²) in [7, 11) is 1.77. The second kappa shape index (κ2) is 2.90. The Kier molecular flexibility index (Phi) is 2.24. The largest absolute Gasteiger partial charge is 0.340 e. The predicted molar refractivity (Wildman–Crippen MR) is 48.6 cm³/mol. The summed E-state index contributed by atoms with van der Waals surface area (Å²) in [6.45, 7) is 6.26. The molecule has 0 unspecified atom stereocenters. The molecule has 0 heterocycles. The lowest BCUT2D eigenvalue weighted by atomic mass is 10.2. The average molecular weight is 168 g/mol. The molecule has 0 atom stereocenters. The van der Waals surface area contributed by atoms with Crippen LogP contribution in [0.1, 0.15) is 19.8 Å². The zero-order chi connectivity index (χ0) is 9.35. The quantitative estimate of drug-likeness (QED) is 0.624. The number of nitrogens with two attached hydrogens (primary N) is 1. The average Bonchev–Trinajstić information content (AvgIpc) is 2.66. The molecule has 68 valence electrons. The van der Waals surface area contributed by atoms with E-state index < -0.39 is 5.54 Å². The molecule has 0 bridgehead atoms. The second-order valence-corrected chi connectivity index (χ2v) is 3.77. The van der Waals surface area contributed by atoms with Gasteiger partial charge >= 0.3 is 0 Å². The van der Waals surface area contributed by atoms with Crippen LogP contribution >= 0.6 is 0 Å². The van der Waals surface area contributed by atoms with Crippen molar-refractivity contribution in [2.24, 2.45) is 5.73 Å². The first-order chi connectivity index (χ1) is 5.46. The van der Waals surface area contributed by atoms with E-state index in [0.717, 1.165) is 18.4 Å². The van der Waals surface area contributed by atoms with Gasteiger partial charge in [0.25, 0.3) is 0 Å². The van der Waals surface area contributed by atoms with Crippen molar-refractivity contribution in [2.45, 2.75) is 25.3 Å². The molecule has 12 heavy (non-hydrogen) atoms. The van der Waals surface area contributed by atoms with E-state index in [4.69, 9.17) is 5.73 Å². The Morgan fingerprint density at radius 2 is 2.17 bits per heavy atom. The molecule has 0 aliphatic heterocycles. The predicted octanol–water partition coefficient (Wildman–Crippen LogP) is 0.512. The summed E-state index contributed by atoms with van der Waals surface area (Å²) < 4.78 is 0. The topological polar surface area (TPSA) is 46.3 Å². The zero-order valence-corrected chi connectivity index (χ0v) is 7.76. The minimum atomic E-state index is -0.538. The molecular weight excluding hydrogens is 152 g/mol. The van der Waals surface area contributed by atoms with Crippen molar-refractivity contribution >= 4 is 5.91 Å². The van der Waals surface area contributed by atoms with Crippen molar-refractivity contribution < 1.29 is 4.79 Å². The lowest BCUT2D eigenvalue weighted by Crippen LogP contribution is -2.44. The Labute approximate surface area is 73.2 Å². The number of hydrogen-bond donors (Lipinski definition) is 1. The SMILES string of the molecule is C=C(C)CN(C)C(=O)C1(N)CC1. The molecular formula is C9H16N2O. The van der Waals surface area contributed by atoms with Gasteiger partial charge in [0, 0.05) is 13.6 Å². The summed E-state index contributed by atoms with van der Waals surface area (Å²) in [6.07, 6.45) is 1.65. The molecule has 1 fully saturated rings. The fourth-order valence-electron chi connectivity index (χ4n) is 1.21. The van der Waals surface area contributed by atoms with Crippen molar-refractivity contribution in [3.8, 4) is 0 Å². The van der Waals surface area contributed by atoms with Crippen LogP contribution in [0.15, 0.2) is 12.2 Å². The van der Waals surface area contributed by atoms with E-state index in [1.807, 2.05) is 6.92 Å². The Bertz CT molecular complexity index is 219. The summed E-state index contributed by atoms with van der Waals surface area (Å²) in [5.74, 6) is 0.0468. The summed E-state index contributed by atoms with van der Waals surface area (Å²) in [5.41, 5.74) is 6.19. The summed E-state index contributed by atoms with van der Waals surface area (Å²) in [5, 5.41) is 0. The molecule has 0 aromatic rings. The first-order valence-corrected chi connectivity index (χ1v) is 4.14. The van der Waals surface area contributed by atoms with Gasteiger partial charge in [-0.2, -0.15) is 0 Å². The number of carbonyl (C=O) groups is 1. The van der Waals surface area contributed by atoms with Crippen LogP contribution in [0.5, 0.6) is 0 Å². The van der Waals surface area contributed by atoms with Gasteiger partial charge in [-0.05, 0) is 19.8 Å². The zero-order valence-electron chi connectivity index (χ0n) is 7.76. The Balaban J connectivity index is 2.47. The first-order valence-electron chi connectivity index (χ1n) is 4.14. The lowest BCUT2D eigenvalue weighted by Gasteiger charge is -2.20. The maximum atomic E-state index is 11.5. The van der Waals surface area contributed by atoms with Crippen molar-refractivity contribution in [3.05, 3.63) is 12.2 Å². The maximum absolute atomic E-state index is 11.5. The minimum Gasteiger partial charge on any atom is -0.340 e. The minimum absolute atomic E-state index is 0.0468. The van der Waals surface area contributed by atoms with Gasteiger partial charge in [0.05, 0.1) is 5.54 Å². The van der Waals surface area contributed by atoms with Crippen LogP contribution in [0.25, 0.3) is 0 Å². The highest BCUT2D eigenvalue weighted by Crippen LogP contribution is 2.33. The third kappa shape index (κ3) is 1.85. The molecule has 1 aliphatic carbocycles. The standard InChI is InChI=1S/C9H16N2O/c1-7(2)6-11(3)8(12)9(10)4-5-9/h1,4-6,10H2,2-3H3. The Morgan fingerprint density at radius 1 is 1.67 bits per heavy atom. The fourth-order valence-corrected chi connectivity index (χ4v) is 1.21. The van der Waals surface area contributed by atoms with E-state index in [-0.39, 0.29) is 5.91 Å². The maximum Gasteiger partial charge on any atom is 0.242 e. The van der Waals surface area contributed by atoms with Crippen LogP contribution in [0.3, 0.4) is 0 Å². The highest BCUT2D eigenvalue weighted by molar-refractivity contribution is 5.89. The van der Waals surface area contributed by atoms with Gasteiger partial charge in [-0.1, -0.05) is 12.2 Å². The first kappa shape index (κ1) is 9.26. The normalized spacial score (nSPS) is 18.6. The molecule has 2 N–H and O–H groups in total. The van der Waals surface area contributed by atoms with E-state index in [9.17, 15) is 4.79 Å². The monoisotopic (exact) mass is 168 g/mol. The molecule has 1 saturated carbocycles. The second-order valence-electron chi connectivity index (χ2n) is 3.77. The molecule has 1 rings (SSSR count). The lowest BCUT2D eigenvalue weighted by molar-refractivity contribution is -0.131. The Morgan fingerprint density at radius 3 is 2.50 bits per heavy atom. The molecule has 0 aromatic carbocycles. The van der Waals surface area contributed by atoms with Crippen LogP contribution in [0, 0.1) is 0 Å². The van der Waals surface area contributed by atoms with Gasteiger partial charge in [-0.15, -0.1) is 0 Å². The highest BCUT2D eigenvalue weighted by Gasteiger charge is 2.47. The fraction of sp³-hybridized carbons (Fsp3) is 0.667. The third-order valence-corrected chi connectivity index (χ3v) is 2.07. The molecule has 0 saturated heterocycles. The molecule has 0 radical (unpaired) electrons. The number of carbonyl (C=O) groups excluding carboxylic acids is 1. The Hall–Kier alpha value is -0.830. The van der Waals surface area contributed by atoms with Gasteiger partial charge in [0.15, 0.2) is 0 Å². The molecule has 3 heteroatoms. The number of hydrogen-bond acceptors (Lipinski definition) is 2. The van der Waals surface area contributed by atoms with Crippen LogP contribution < -0.4 is 5.73 Å². The molecule has 1 amide bonds. The summed E-state index contributed by atoms with van der Waals surface area (Å²) >= 11 is 0. The number of amides is 1. The van der Waals surface area contributed by atoms with Gasteiger partial charge in [-0.25, -0.2) is 0 Å². The molecule has 0 aromatic heterocycles. The number of likely N-dealkylation sites (N-methyl/N-ethyl adjacent to an activating group) is 1. The highest BCUT2D eigenvalue weighted by atomic mass is 16.2. The number of rotatable bonds is 3. The van der Waals surface area contributed by atoms with Gasteiger partial charge < -0.3 is 10.6 Å². The van der Waals surface area contributed by atoms with Crippen molar-refractivity contribution in [1.82, 2.24) is 4.90 Å². The van der Waals surface area contributed by atoms with Crippen molar-refractivity contribution in [2.75, 3.05) is 13.6 Å². The van der Waals surface area contributed by atoms with Crippen molar-refractivity contribution in [3.63, 3.8) is 0 Å². The summed E-state index contributed by atoms with van der Waals surface area (Å²) in [6, 6.07) is 0. The van der Waals surface area contributed by atoms with E-state index in [0.29, 0.717) is 6.54 Å². The van der Waals surface area contributed by atoms with E-state index >= 15 is 0 Å². The molecule has 0 spiro atoms. The molecule has 3 nitrogen and oxygen atoms in total. The number of nitrogens with zero attached hydrogens (tertiary/aromatic N) is 1. The van der Waals surface area contributed by atoms with Crippen molar-refractivity contribution in [1.29, 1.82) is 0 Å².